The highest BCUT2D eigenvalue weighted by molar-refractivity contribution is 7.15. The Morgan fingerprint density at radius 3 is 2.81 bits per heavy atom. The average molecular weight is 396 g/mol. The van der Waals surface area contributed by atoms with Crippen LogP contribution in [0.2, 0.25) is 5.02 Å². The molecule has 2 aromatic heterocycles. The number of amides is 1. The molecule has 0 aliphatic rings. The van der Waals surface area contributed by atoms with Crippen LogP contribution in [0.5, 0.6) is 0 Å². The largest absolute Gasteiger partial charge is 0.349 e. The van der Waals surface area contributed by atoms with Crippen LogP contribution < -0.4 is 5.32 Å². The number of nitrogens with one attached hydrogen (secondary N) is 1. The lowest BCUT2D eigenvalue weighted by atomic mass is 10.1. The number of hydrogen-bond acceptors (Lipinski definition) is 3. The topological polar surface area (TPSA) is 46.4 Å². The van der Waals surface area contributed by atoms with E-state index in [0.717, 1.165) is 27.5 Å². The summed E-state index contributed by atoms with van der Waals surface area (Å²) in [6.45, 7) is 1.96. The van der Waals surface area contributed by atoms with Crippen LogP contribution in [-0.2, 0) is 11.2 Å². The Morgan fingerprint density at radius 1 is 1.22 bits per heavy atom. The summed E-state index contributed by atoms with van der Waals surface area (Å²) in [5.41, 5.74) is 3.90. The second-order valence-electron chi connectivity index (χ2n) is 6.39. The molecule has 1 amide bonds. The van der Waals surface area contributed by atoms with Gasteiger partial charge in [-0.05, 0) is 24.6 Å². The number of rotatable bonds is 5. The number of hydrogen-bond donors (Lipinski definition) is 1. The first kappa shape index (κ1) is 17.8. The van der Waals surface area contributed by atoms with Gasteiger partial charge in [0.25, 0.3) is 0 Å². The molecule has 0 aliphatic heterocycles. The lowest BCUT2D eigenvalue weighted by molar-refractivity contribution is -0.121. The van der Waals surface area contributed by atoms with Crippen molar-refractivity contribution in [1.29, 1.82) is 0 Å². The van der Waals surface area contributed by atoms with Gasteiger partial charge < -0.3 is 5.32 Å². The van der Waals surface area contributed by atoms with Crippen LogP contribution in [0, 0.1) is 0 Å². The SMILES string of the molecule is C[C@@H](NC(=O)Cc1csc2nc(-c3ccccc3)cn12)c1cccc(Cl)c1. The maximum atomic E-state index is 12.5. The van der Waals surface area contributed by atoms with Gasteiger partial charge >= 0.3 is 0 Å². The van der Waals surface area contributed by atoms with Crippen LogP contribution in [-0.4, -0.2) is 15.3 Å². The average Bonchev–Trinajstić information content (AvgIpc) is 3.24. The summed E-state index contributed by atoms with van der Waals surface area (Å²) in [4.78, 5) is 18.1. The number of thiazole rings is 1. The minimum absolute atomic E-state index is 0.0304. The quantitative estimate of drug-likeness (QED) is 0.508. The molecule has 0 unspecified atom stereocenters. The standard InChI is InChI=1S/C21H18ClN3OS/c1-14(16-8-5-9-17(22)10-16)23-20(26)11-18-13-27-21-24-19(12-25(18)21)15-6-3-2-4-7-15/h2-10,12-14H,11H2,1H3,(H,23,26)/t14-/m1/s1. The van der Waals surface area contributed by atoms with Gasteiger partial charge in [0.2, 0.25) is 5.91 Å². The normalized spacial score (nSPS) is 12.2. The third-order valence-corrected chi connectivity index (χ3v) is 5.54. The Labute approximate surface area is 166 Å². The number of nitrogens with zero attached hydrogens (tertiary/aromatic N) is 2. The predicted octanol–water partition coefficient (Wildman–Crippen LogP) is 5.14. The number of fused-ring (bicyclic) bond motifs is 1. The molecule has 0 saturated heterocycles. The number of aromatic nitrogens is 2. The molecule has 27 heavy (non-hydrogen) atoms. The van der Waals surface area contributed by atoms with Crippen LogP contribution in [0.1, 0.15) is 24.2 Å². The molecular weight excluding hydrogens is 378 g/mol. The Morgan fingerprint density at radius 2 is 2.04 bits per heavy atom. The zero-order chi connectivity index (χ0) is 18.8. The smallest absolute Gasteiger partial charge is 0.226 e. The second kappa shape index (κ2) is 7.55. The van der Waals surface area contributed by atoms with E-state index in [1.54, 1.807) is 11.3 Å². The van der Waals surface area contributed by atoms with Crippen molar-refractivity contribution in [3.63, 3.8) is 0 Å². The molecule has 0 radical (unpaired) electrons. The zero-order valence-corrected chi connectivity index (χ0v) is 16.3. The van der Waals surface area contributed by atoms with Crippen molar-refractivity contribution < 1.29 is 4.79 Å². The summed E-state index contributed by atoms with van der Waals surface area (Å²) in [5, 5.41) is 5.69. The first-order chi connectivity index (χ1) is 13.1. The van der Waals surface area contributed by atoms with Crippen molar-refractivity contribution in [1.82, 2.24) is 14.7 Å². The molecule has 0 saturated carbocycles. The third-order valence-electron chi connectivity index (χ3n) is 4.42. The first-order valence-corrected chi connectivity index (χ1v) is 9.91. The molecule has 6 heteroatoms. The van der Waals surface area contributed by atoms with Gasteiger partial charge in [-0.3, -0.25) is 9.20 Å². The van der Waals surface area contributed by atoms with Gasteiger partial charge in [-0.1, -0.05) is 54.1 Å². The van der Waals surface area contributed by atoms with Crippen molar-refractivity contribution in [2.45, 2.75) is 19.4 Å². The molecule has 136 valence electrons. The summed E-state index contributed by atoms with van der Waals surface area (Å²) < 4.78 is 2.00. The highest BCUT2D eigenvalue weighted by Crippen LogP contribution is 2.24. The molecule has 1 N–H and O–H groups in total. The summed E-state index contributed by atoms with van der Waals surface area (Å²) in [5.74, 6) is -0.0304. The van der Waals surface area contributed by atoms with Crippen LogP contribution in [0.4, 0.5) is 0 Å². The van der Waals surface area contributed by atoms with E-state index < -0.39 is 0 Å². The van der Waals surface area contributed by atoms with E-state index in [2.05, 4.69) is 10.3 Å². The second-order valence-corrected chi connectivity index (χ2v) is 7.67. The minimum atomic E-state index is -0.104. The Kier molecular flexibility index (Phi) is 4.97. The molecular formula is C21H18ClN3OS. The van der Waals surface area contributed by atoms with Crippen molar-refractivity contribution in [2.75, 3.05) is 0 Å². The third kappa shape index (κ3) is 3.89. The number of benzene rings is 2. The number of imidazole rings is 1. The van der Waals surface area contributed by atoms with Crippen molar-refractivity contribution in [3.05, 3.63) is 82.5 Å². The van der Waals surface area contributed by atoms with E-state index >= 15 is 0 Å². The van der Waals surface area contributed by atoms with Gasteiger partial charge in [0.1, 0.15) is 0 Å². The van der Waals surface area contributed by atoms with Gasteiger partial charge in [0.05, 0.1) is 18.2 Å². The van der Waals surface area contributed by atoms with Gasteiger partial charge in [-0.2, -0.15) is 0 Å². The molecule has 2 heterocycles. The summed E-state index contributed by atoms with van der Waals surface area (Å²) in [6.07, 6.45) is 2.29. The highest BCUT2D eigenvalue weighted by Gasteiger charge is 2.15. The maximum absolute atomic E-state index is 12.5. The van der Waals surface area contributed by atoms with Crippen molar-refractivity contribution in [3.8, 4) is 11.3 Å². The predicted molar refractivity (Wildman–Crippen MR) is 110 cm³/mol. The van der Waals surface area contributed by atoms with Gasteiger partial charge in [-0.15, -0.1) is 11.3 Å². The summed E-state index contributed by atoms with van der Waals surface area (Å²) >= 11 is 7.58. The Bertz CT molecular complexity index is 1090. The van der Waals surface area contributed by atoms with E-state index in [9.17, 15) is 4.79 Å². The van der Waals surface area contributed by atoms with E-state index in [1.165, 1.54) is 0 Å². The first-order valence-electron chi connectivity index (χ1n) is 8.66. The van der Waals surface area contributed by atoms with Crippen LogP contribution in [0.15, 0.2) is 66.2 Å². The molecule has 2 aromatic carbocycles. The molecule has 0 fully saturated rings. The Hall–Kier alpha value is -2.63. The van der Waals surface area contributed by atoms with Gasteiger partial charge in [0.15, 0.2) is 4.96 Å². The maximum Gasteiger partial charge on any atom is 0.226 e. The molecule has 0 aliphatic carbocycles. The summed E-state index contributed by atoms with van der Waals surface area (Å²) in [6, 6.07) is 17.5. The minimum Gasteiger partial charge on any atom is -0.349 e. The lowest BCUT2D eigenvalue weighted by Gasteiger charge is -2.14. The van der Waals surface area contributed by atoms with Crippen LogP contribution >= 0.6 is 22.9 Å². The Balaban J connectivity index is 1.50. The van der Waals surface area contributed by atoms with E-state index in [4.69, 9.17) is 11.6 Å². The molecule has 1 atom stereocenters. The molecule has 4 nitrogen and oxygen atoms in total. The van der Waals surface area contributed by atoms with Gasteiger partial charge in [0, 0.05) is 27.9 Å². The van der Waals surface area contributed by atoms with E-state index in [-0.39, 0.29) is 11.9 Å². The molecule has 4 aromatic rings. The lowest BCUT2D eigenvalue weighted by Crippen LogP contribution is -2.28. The summed E-state index contributed by atoms with van der Waals surface area (Å²) in [7, 11) is 0. The highest BCUT2D eigenvalue weighted by atomic mass is 35.5. The molecule has 0 bridgehead atoms. The van der Waals surface area contributed by atoms with Crippen LogP contribution in [0.25, 0.3) is 16.2 Å². The van der Waals surface area contributed by atoms with Crippen LogP contribution in [0.3, 0.4) is 0 Å². The zero-order valence-electron chi connectivity index (χ0n) is 14.7. The number of carbonyl (C=O) groups excluding carboxylic acids is 1. The van der Waals surface area contributed by atoms with E-state index in [0.29, 0.717) is 11.4 Å². The number of halogens is 1. The fourth-order valence-corrected chi connectivity index (χ4v) is 4.09. The number of carbonyl (C=O) groups is 1. The molecule has 0 spiro atoms. The fraction of sp³-hybridized carbons (Fsp3) is 0.143. The van der Waals surface area contributed by atoms with Crippen molar-refractivity contribution >= 4 is 33.8 Å². The van der Waals surface area contributed by atoms with Crippen molar-refractivity contribution in [2.24, 2.45) is 0 Å². The van der Waals surface area contributed by atoms with Gasteiger partial charge in [-0.25, -0.2) is 4.98 Å². The van der Waals surface area contributed by atoms with E-state index in [1.807, 2.05) is 77.5 Å². The monoisotopic (exact) mass is 395 g/mol. The fourth-order valence-electron chi connectivity index (χ4n) is 3.02. The molecule has 4 rings (SSSR count).